The van der Waals surface area contributed by atoms with Crippen molar-refractivity contribution < 1.29 is 4.42 Å². The fraction of sp³-hybridized carbons (Fsp3) is 0.279. The fourth-order valence-corrected chi connectivity index (χ4v) is 11.9. The highest BCUT2D eigenvalue weighted by Gasteiger charge is 2.48. The maximum atomic E-state index is 7.42. The highest BCUT2D eigenvalue weighted by molar-refractivity contribution is 6.93. The van der Waals surface area contributed by atoms with Crippen molar-refractivity contribution in [2.75, 3.05) is 4.81 Å². The Hall–Kier alpha value is -6.26. The number of benzene rings is 7. The van der Waals surface area contributed by atoms with Crippen molar-refractivity contribution in [3.8, 4) is 39.1 Å². The number of fused-ring (bicyclic) bond motifs is 11. The number of hydrogen-bond acceptors (Lipinski definition) is 2. The Morgan fingerprint density at radius 3 is 2.05 bits per heavy atom. The Morgan fingerprint density at radius 1 is 0.631 bits per heavy atom. The molecule has 0 atom stereocenters. The van der Waals surface area contributed by atoms with Crippen molar-refractivity contribution >= 4 is 62.1 Å². The second-order valence-electron chi connectivity index (χ2n) is 21.8. The molecule has 0 spiro atoms. The van der Waals surface area contributed by atoms with E-state index in [-0.39, 0.29) is 23.1 Å². The van der Waals surface area contributed by atoms with Crippen LogP contribution in [0, 0.1) is 0 Å². The number of furan rings is 1. The minimum Gasteiger partial charge on any atom is -0.466 e. The normalized spacial score (nSPS) is 15.7. The number of aryl methyl sites for hydroxylation is 1. The van der Waals surface area contributed by atoms with Crippen molar-refractivity contribution in [2.45, 2.75) is 110 Å². The maximum absolute atomic E-state index is 7.42. The SMILES string of the molecule is CCCCCc1ccc(N2B3c4oc5ccc(-c6ccccc6)cc5c4-n4c5cc6c(cc5c5c(-c7ccc(C(C)(C)C)cc7)cc(c3c54)-c3ccccc32)C(C)(C)CCC6(C)C)cc1. The molecule has 9 aromatic rings. The summed E-state index contributed by atoms with van der Waals surface area (Å²) in [7, 11) is 0. The van der Waals surface area contributed by atoms with E-state index in [9.17, 15) is 0 Å². The second kappa shape index (κ2) is 14.4. The third-order valence-corrected chi connectivity index (χ3v) is 15.6. The van der Waals surface area contributed by atoms with Gasteiger partial charge in [-0.15, -0.1) is 0 Å². The van der Waals surface area contributed by atoms with Crippen molar-refractivity contribution in [3.63, 3.8) is 0 Å². The van der Waals surface area contributed by atoms with Crippen LogP contribution in [0.3, 0.4) is 0 Å². The van der Waals surface area contributed by atoms with Gasteiger partial charge in [0, 0.05) is 33.1 Å². The Bertz CT molecular complexity index is 3360. The largest absolute Gasteiger partial charge is 0.466 e. The van der Waals surface area contributed by atoms with E-state index in [4.69, 9.17) is 4.42 Å². The lowest BCUT2D eigenvalue weighted by Crippen LogP contribution is -2.60. The van der Waals surface area contributed by atoms with Crippen molar-refractivity contribution in [1.29, 1.82) is 0 Å². The summed E-state index contributed by atoms with van der Waals surface area (Å²) < 4.78 is 10.1. The van der Waals surface area contributed by atoms with Crippen LogP contribution in [0.4, 0.5) is 11.4 Å². The summed E-state index contributed by atoms with van der Waals surface area (Å²) in [6.07, 6.45) is 7.12. The van der Waals surface area contributed by atoms with Crippen LogP contribution in [0.1, 0.15) is 110 Å². The molecule has 0 fully saturated rings. The summed E-state index contributed by atoms with van der Waals surface area (Å²) in [5.41, 5.74) is 22.7. The van der Waals surface area contributed by atoms with E-state index in [1.807, 2.05) is 0 Å². The van der Waals surface area contributed by atoms with Gasteiger partial charge in [-0.05, 0) is 146 Å². The predicted octanol–water partition coefficient (Wildman–Crippen LogP) is 15.5. The van der Waals surface area contributed by atoms with E-state index in [0.717, 1.165) is 41.6 Å². The molecule has 3 nitrogen and oxygen atoms in total. The summed E-state index contributed by atoms with van der Waals surface area (Å²) in [5, 5.41) is 3.80. The number of unbranched alkanes of at least 4 members (excludes halogenated alkanes) is 2. The molecule has 0 saturated carbocycles. The molecule has 0 N–H and O–H groups in total. The topological polar surface area (TPSA) is 21.3 Å². The standard InChI is InChI=1S/C61H59BN2O/c1-9-10-12-17-38-22-29-43(30-23-38)64-51-21-16-15-20-44(51)46-35-45(40-24-27-42(28-25-40)59(2,3)4)54-47-36-49-50(61(7,8)33-32-60(49,5)6)37-52(47)63-56-48-34-41(39-18-13-11-14-19-39)26-31-53(48)65-58(56)62(64)55(46)57(54)63/h11,13-16,18-31,34-37H,9-10,12,17,32-33H2,1-8H3. The van der Waals surface area contributed by atoms with Gasteiger partial charge >= 0.3 is 6.85 Å². The van der Waals surface area contributed by atoms with E-state index in [2.05, 4.69) is 204 Å². The molecular formula is C61H59BN2O. The Kier molecular flexibility index (Phi) is 8.90. The lowest BCUT2D eigenvalue weighted by atomic mass is 9.46. The maximum Gasteiger partial charge on any atom is 0.375 e. The lowest BCUT2D eigenvalue weighted by Gasteiger charge is -2.42. The van der Waals surface area contributed by atoms with Crippen LogP contribution in [0.25, 0.3) is 71.8 Å². The van der Waals surface area contributed by atoms with Crippen LogP contribution in [-0.4, -0.2) is 11.4 Å². The Labute approximate surface area is 385 Å². The van der Waals surface area contributed by atoms with Gasteiger partial charge < -0.3 is 13.8 Å². The van der Waals surface area contributed by atoms with E-state index in [1.54, 1.807) is 0 Å². The van der Waals surface area contributed by atoms with E-state index >= 15 is 0 Å². The number of para-hydroxylation sites is 1. The third kappa shape index (κ3) is 6.08. The van der Waals surface area contributed by atoms with E-state index < -0.39 is 0 Å². The first kappa shape index (κ1) is 40.3. The zero-order chi connectivity index (χ0) is 44.6. The third-order valence-electron chi connectivity index (χ3n) is 15.6. The number of nitrogens with zero attached hydrogens (tertiary/aromatic N) is 2. The molecule has 0 radical (unpaired) electrons. The molecule has 0 saturated heterocycles. The number of aromatic nitrogens is 1. The van der Waals surface area contributed by atoms with Gasteiger partial charge in [0.2, 0.25) is 0 Å². The van der Waals surface area contributed by atoms with Gasteiger partial charge in [-0.2, -0.15) is 0 Å². The molecule has 12 rings (SSSR count). The van der Waals surface area contributed by atoms with Gasteiger partial charge in [0.1, 0.15) is 11.2 Å². The number of anilines is 2. The molecule has 65 heavy (non-hydrogen) atoms. The minimum absolute atomic E-state index is 0.0399. The van der Waals surface area contributed by atoms with Crippen LogP contribution in [0.5, 0.6) is 0 Å². The van der Waals surface area contributed by atoms with Crippen molar-refractivity contribution in [2.24, 2.45) is 0 Å². The molecule has 0 bridgehead atoms. The first-order valence-electron chi connectivity index (χ1n) is 24.2. The molecule has 0 unspecified atom stereocenters. The highest BCUT2D eigenvalue weighted by atomic mass is 16.3. The van der Waals surface area contributed by atoms with Crippen LogP contribution in [-0.2, 0) is 22.7 Å². The molecule has 1 aliphatic carbocycles. The Balaban J connectivity index is 1.25. The van der Waals surface area contributed by atoms with Gasteiger partial charge in [-0.3, -0.25) is 0 Å². The predicted molar refractivity (Wildman–Crippen MR) is 278 cm³/mol. The average molecular weight is 847 g/mol. The smallest absolute Gasteiger partial charge is 0.375 e. The molecular weight excluding hydrogens is 787 g/mol. The summed E-state index contributed by atoms with van der Waals surface area (Å²) in [4.78, 5) is 2.60. The van der Waals surface area contributed by atoms with Gasteiger partial charge in [0.05, 0.1) is 16.7 Å². The molecule has 0 amide bonds. The summed E-state index contributed by atoms with van der Waals surface area (Å²) >= 11 is 0. The van der Waals surface area contributed by atoms with E-state index in [1.165, 1.54) is 114 Å². The monoisotopic (exact) mass is 846 g/mol. The number of hydrogen-bond donors (Lipinski definition) is 0. The van der Waals surface area contributed by atoms with Gasteiger partial charge in [0.25, 0.3) is 0 Å². The molecule has 7 aromatic carbocycles. The molecule has 4 heteroatoms. The van der Waals surface area contributed by atoms with Crippen molar-refractivity contribution in [3.05, 3.63) is 162 Å². The van der Waals surface area contributed by atoms with Crippen molar-refractivity contribution in [1.82, 2.24) is 4.57 Å². The first-order valence-corrected chi connectivity index (χ1v) is 24.2. The van der Waals surface area contributed by atoms with E-state index in [0.29, 0.717) is 0 Å². The van der Waals surface area contributed by atoms with Gasteiger partial charge in [-0.1, -0.05) is 159 Å². The number of rotatable bonds is 7. The summed E-state index contributed by atoms with van der Waals surface area (Å²) in [6.45, 7) is 18.9. The van der Waals surface area contributed by atoms with Crippen LogP contribution in [0.15, 0.2) is 144 Å². The van der Waals surface area contributed by atoms with Crippen LogP contribution >= 0.6 is 0 Å². The first-order chi connectivity index (χ1) is 31.3. The highest BCUT2D eigenvalue weighted by Crippen LogP contribution is 2.53. The molecule has 3 aliphatic rings. The fourth-order valence-electron chi connectivity index (χ4n) is 11.9. The van der Waals surface area contributed by atoms with Crippen LogP contribution < -0.4 is 15.9 Å². The summed E-state index contributed by atoms with van der Waals surface area (Å²) in [6, 6.07) is 53.5. The zero-order valence-electron chi connectivity index (χ0n) is 39.4. The van der Waals surface area contributed by atoms with Gasteiger partial charge in [0.15, 0.2) is 0 Å². The minimum atomic E-state index is -0.201. The lowest BCUT2D eigenvalue weighted by molar-refractivity contribution is 0.332. The molecule has 4 heterocycles. The Morgan fingerprint density at radius 2 is 1.32 bits per heavy atom. The second-order valence-corrected chi connectivity index (χ2v) is 21.8. The summed E-state index contributed by atoms with van der Waals surface area (Å²) in [5.74, 6) is 0. The molecule has 2 aromatic heterocycles. The van der Waals surface area contributed by atoms with Crippen LogP contribution in [0.2, 0.25) is 0 Å². The quantitative estimate of drug-likeness (QED) is 0.118. The van der Waals surface area contributed by atoms with Gasteiger partial charge in [-0.25, -0.2) is 0 Å². The zero-order valence-corrected chi connectivity index (χ0v) is 39.4. The average Bonchev–Trinajstić information content (AvgIpc) is 3.86. The molecule has 322 valence electrons. The molecule has 2 aliphatic heterocycles.